The van der Waals surface area contributed by atoms with E-state index in [1.807, 2.05) is 23.1 Å². The summed E-state index contributed by atoms with van der Waals surface area (Å²) in [6, 6.07) is 9.85. The number of rotatable bonds is 3. The molecule has 7 heteroatoms. The first-order chi connectivity index (χ1) is 11.6. The first-order valence-electron chi connectivity index (χ1n) is 7.74. The first-order valence-corrected chi connectivity index (χ1v) is 7.74. The van der Waals surface area contributed by atoms with E-state index < -0.39 is 16.4 Å². The van der Waals surface area contributed by atoms with Gasteiger partial charge in [0.15, 0.2) is 11.5 Å². The molecule has 0 amide bonds. The number of hydrogen-bond donors (Lipinski definition) is 0. The van der Waals surface area contributed by atoms with E-state index >= 15 is 0 Å². The zero-order valence-electron chi connectivity index (χ0n) is 12.8. The van der Waals surface area contributed by atoms with E-state index in [2.05, 4.69) is 0 Å². The molecule has 0 spiro atoms. The van der Waals surface area contributed by atoms with Gasteiger partial charge in [0.2, 0.25) is 12.6 Å². The molecule has 24 heavy (non-hydrogen) atoms. The smallest absolute Gasteiger partial charge is 0.327 e. The number of halogens is 1. The van der Waals surface area contributed by atoms with Crippen LogP contribution in [0.4, 0.5) is 15.8 Å². The van der Waals surface area contributed by atoms with Crippen molar-refractivity contribution in [1.82, 2.24) is 0 Å². The minimum atomic E-state index is -0.811. The van der Waals surface area contributed by atoms with Gasteiger partial charge in [0.05, 0.1) is 11.0 Å². The molecule has 0 N–H and O–H groups in total. The Bertz CT molecular complexity index is 811. The number of nitrogens with zero attached hydrogens (tertiary/aromatic N) is 2. The second-order valence-electron chi connectivity index (χ2n) is 5.83. The van der Waals surface area contributed by atoms with Gasteiger partial charge in [-0.1, -0.05) is 12.1 Å². The largest absolute Gasteiger partial charge is 0.454 e. The molecule has 2 heterocycles. The Morgan fingerprint density at radius 3 is 2.88 bits per heavy atom. The van der Waals surface area contributed by atoms with Gasteiger partial charge in [-0.15, -0.1) is 0 Å². The predicted octanol–water partition coefficient (Wildman–Crippen LogP) is 3.80. The van der Waals surface area contributed by atoms with Gasteiger partial charge >= 0.3 is 5.69 Å². The van der Waals surface area contributed by atoms with E-state index in [0.717, 1.165) is 24.5 Å². The van der Waals surface area contributed by atoms with Crippen molar-refractivity contribution in [2.45, 2.75) is 18.9 Å². The lowest BCUT2D eigenvalue weighted by Crippen LogP contribution is -2.23. The number of hydrogen-bond acceptors (Lipinski definition) is 5. The molecule has 1 unspecified atom stereocenters. The van der Waals surface area contributed by atoms with Crippen LogP contribution in [-0.4, -0.2) is 18.3 Å². The van der Waals surface area contributed by atoms with Crippen LogP contribution >= 0.6 is 0 Å². The predicted molar refractivity (Wildman–Crippen MR) is 84.9 cm³/mol. The van der Waals surface area contributed by atoms with Crippen LogP contribution in [0.1, 0.15) is 24.4 Å². The van der Waals surface area contributed by atoms with E-state index in [1.165, 1.54) is 6.07 Å². The van der Waals surface area contributed by atoms with Gasteiger partial charge in [0, 0.05) is 6.54 Å². The number of anilines is 1. The maximum absolute atomic E-state index is 14.0. The van der Waals surface area contributed by atoms with Crippen LogP contribution in [0.5, 0.6) is 11.5 Å². The summed E-state index contributed by atoms with van der Waals surface area (Å²) in [7, 11) is 0. The molecule has 0 radical (unpaired) electrons. The molecule has 2 aliphatic heterocycles. The van der Waals surface area contributed by atoms with Crippen molar-refractivity contribution in [3.63, 3.8) is 0 Å². The average Bonchev–Trinajstić information content (AvgIpc) is 3.22. The maximum atomic E-state index is 14.0. The monoisotopic (exact) mass is 330 g/mol. The summed E-state index contributed by atoms with van der Waals surface area (Å²) in [6.45, 7) is 0.839. The summed E-state index contributed by atoms with van der Waals surface area (Å²) in [5.74, 6) is 0.557. The van der Waals surface area contributed by atoms with E-state index in [4.69, 9.17) is 9.47 Å². The lowest BCUT2D eigenvalue weighted by atomic mass is 10.0. The van der Waals surface area contributed by atoms with Gasteiger partial charge < -0.3 is 14.4 Å². The fourth-order valence-corrected chi connectivity index (χ4v) is 3.44. The normalized spacial score (nSPS) is 18.9. The summed E-state index contributed by atoms with van der Waals surface area (Å²) in [6.07, 6.45) is 1.72. The fourth-order valence-electron chi connectivity index (χ4n) is 3.44. The van der Waals surface area contributed by atoms with E-state index in [-0.39, 0.29) is 12.8 Å². The van der Waals surface area contributed by atoms with Crippen molar-refractivity contribution >= 4 is 11.4 Å². The highest BCUT2D eigenvalue weighted by molar-refractivity contribution is 5.65. The standard InChI is InChI=1S/C17H15FN2O4/c18-12-3-1-4-14(17(12)20(21)22)19-8-2-5-13(19)11-6-7-15-16(9-11)24-10-23-15/h1,3-4,6-7,9,13H,2,5,8,10H2. The van der Waals surface area contributed by atoms with Crippen LogP contribution in [0.25, 0.3) is 0 Å². The lowest BCUT2D eigenvalue weighted by Gasteiger charge is -2.27. The van der Waals surface area contributed by atoms with Gasteiger partial charge in [0.1, 0.15) is 5.69 Å². The molecule has 0 bridgehead atoms. The molecule has 1 atom stereocenters. The second kappa shape index (κ2) is 5.67. The van der Waals surface area contributed by atoms with Crippen LogP contribution in [0.2, 0.25) is 0 Å². The Morgan fingerprint density at radius 2 is 2.04 bits per heavy atom. The molecule has 0 aromatic heterocycles. The molecular formula is C17H15FN2O4. The molecule has 2 aliphatic rings. The van der Waals surface area contributed by atoms with Crippen molar-refractivity contribution in [3.05, 3.63) is 57.9 Å². The van der Waals surface area contributed by atoms with Crippen molar-refractivity contribution in [3.8, 4) is 11.5 Å². The number of fused-ring (bicyclic) bond motifs is 1. The minimum Gasteiger partial charge on any atom is -0.454 e. The molecule has 0 aliphatic carbocycles. The Labute approximate surface area is 137 Å². The van der Waals surface area contributed by atoms with Crippen molar-refractivity contribution in [2.75, 3.05) is 18.2 Å². The molecule has 4 rings (SSSR count). The average molecular weight is 330 g/mol. The summed E-state index contributed by atoms with van der Waals surface area (Å²) < 4.78 is 24.7. The Morgan fingerprint density at radius 1 is 1.21 bits per heavy atom. The third-order valence-electron chi connectivity index (χ3n) is 4.49. The van der Waals surface area contributed by atoms with Crippen LogP contribution in [0.3, 0.4) is 0 Å². The van der Waals surface area contributed by atoms with Crippen molar-refractivity contribution < 1.29 is 18.8 Å². The highest BCUT2D eigenvalue weighted by Gasteiger charge is 2.33. The minimum absolute atomic E-state index is 0.0556. The number of benzene rings is 2. The zero-order valence-corrected chi connectivity index (χ0v) is 12.8. The second-order valence-corrected chi connectivity index (χ2v) is 5.83. The Kier molecular flexibility index (Phi) is 3.48. The highest BCUT2D eigenvalue weighted by atomic mass is 19.1. The molecular weight excluding hydrogens is 315 g/mol. The molecule has 6 nitrogen and oxygen atoms in total. The quantitative estimate of drug-likeness (QED) is 0.632. The van der Waals surface area contributed by atoms with Gasteiger partial charge in [-0.05, 0) is 42.7 Å². The number of ether oxygens (including phenoxy) is 2. The van der Waals surface area contributed by atoms with E-state index in [0.29, 0.717) is 23.7 Å². The summed E-state index contributed by atoms with van der Waals surface area (Å²) in [5.41, 5.74) is 0.834. The molecule has 2 aromatic carbocycles. The van der Waals surface area contributed by atoms with Crippen LogP contribution in [0, 0.1) is 15.9 Å². The fraction of sp³-hybridized carbons (Fsp3) is 0.294. The Balaban J connectivity index is 1.74. The van der Waals surface area contributed by atoms with Gasteiger partial charge in [-0.2, -0.15) is 4.39 Å². The van der Waals surface area contributed by atoms with Crippen LogP contribution in [-0.2, 0) is 0 Å². The summed E-state index contributed by atoms with van der Waals surface area (Å²) in [4.78, 5) is 12.5. The highest BCUT2D eigenvalue weighted by Crippen LogP contribution is 2.43. The SMILES string of the molecule is O=[N+]([O-])c1c(F)cccc1N1CCCC1c1ccc2c(c1)OCO2. The molecule has 1 fully saturated rings. The number of para-hydroxylation sites is 1. The summed E-state index contributed by atoms with van der Waals surface area (Å²) >= 11 is 0. The number of nitro benzene ring substituents is 1. The molecule has 2 aromatic rings. The van der Waals surface area contributed by atoms with E-state index in [1.54, 1.807) is 6.07 Å². The Hall–Kier alpha value is -2.83. The van der Waals surface area contributed by atoms with Gasteiger partial charge in [-0.3, -0.25) is 10.1 Å². The van der Waals surface area contributed by atoms with Crippen molar-refractivity contribution in [1.29, 1.82) is 0 Å². The zero-order chi connectivity index (χ0) is 16.7. The van der Waals surface area contributed by atoms with Crippen LogP contribution < -0.4 is 14.4 Å². The third kappa shape index (κ3) is 2.33. The lowest BCUT2D eigenvalue weighted by molar-refractivity contribution is -0.386. The van der Waals surface area contributed by atoms with E-state index in [9.17, 15) is 14.5 Å². The van der Waals surface area contributed by atoms with Gasteiger partial charge in [-0.25, -0.2) is 0 Å². The molecule has 1 saturated heterocycles. The molecule has 0 saturated carbocycles. The molecule has 124 valence electrons. The third-order valence-corrected chi connectivity index (χ3v) is 4.49. The van der Waals surface area contributed by atoms with Crippen LogP contribution in [0.15, 0.2) is 36.4 Å². The topological polar surface area (TPSA) is 64.8 Å². The van der Waals surface area contributed by atoms with Crippen molar-refractivity contribution in [2.24, 2.45) is 0 Å². The first kappa shape index (κ1) is 14.7. The number of nitro groups is 1. The summed E-state index contributed by atoms with van der Waals surface area (Å²) in [5, 5.41) is 11.3. The maximum Gasteiger partial charge on any atom is 0.327 e. The van der Waals surface area contributed by atoms with Gasteiger partial charge in [0.25, 0.3) is 0 Å².